The van der Waals surface area contributed by atoms with Crippen molar-refractivity contribution in [2.24, 2.45) is 0 Å². The van der Waals surface area contributed by atoms with Gasteiger partial charge in [-0.3, -0.25) is 9.59 Å². The third kappa shape index (κ3) is 3.00. The molecule has 0 bridgehead atoms. The molecule has 1 aromatic carbocycles. The van der Waals surface area contributed by atoms with Gasteiger partial charge in [0, 0.05) is 11.8 Å². The van der Waals surface area contributed by atoms with Crippen molar-refractivity contribution in [1.82, 2.24) is 4.98 Å². The predicted octanol–water partition coefficient (Wildman–Crippen LogP) is 2.15. The fourth-order valence-corrected chi connectivity index (χ4v) is 1.63. The number of H-pyrrole nitrogens is 1. The summed E-state index contributed by atoms with van der Waals surface area (Å²) in [6.07, 6.45) is 0. The van der Waals surface area contributed by atoms with E-state index >= 15 is 0 Å². The van der Waals surface area contributed by atoms with Crippen LogP contribution < -0.4 is 10.9 Å². The Morgan fingerprint density at radius 1 is 1.32 bits per heavy atom. The Morgan fingerprint density at radius 3 is 2.79 bits per heavy atom. The lowest BCUT2D eigenvalue weighted by molar-refractivity contribution is 0.102. The standard InChI is InChI=1S/C13H8ClN3O2/c14-10-5-4-9(6-8(10)7-15)16-13(19)11-2-1-3-12(18)17-11/h1-6H,(H,16,19)(H,17,18). The van der Waals surface area contributed by atoms with Gasteiger partial charge in [0.15, 0.2) is 0 Å². The molecular formula is C13H8ClN3O2. The van der Waals surface area contributed by atoms with Crippen LogP contribution in [0.25, 0.3) is 0 Å². The van der Waals surface area contributed by atoms with E-state index in [9.17, 15) is 9.59 Å². The summed E-state index contributed by atoms with van der Waals surface area (Å²) in [7, 11) is 0. The fraction of sp³-hybridized carbons (Fsp3) is 0. The molecule has 1 amide bonds. The van der Waals surface area contributed by atoms with Crippen LogP contribution in [0.3, 0.4) is 0 Å². The zero-order chi connectivity index (χ0) is 13.8. The molecule has 0 saturated carbocycles. The number of hydrogen-bond acceptors (Lipinski definition) is 3. The SMILES string of the molecule is N#Cc1cc(NC(=O)c2cccc(=O)[nH]2)ccc1Cl. The first kappa shape index (κ1) is 12.9. The van der Waals surface area contributed by atoms with Crippen LogP contribution in [0.5, 0.6) is 0 Å². The van der Waals surface area contributed by atoms with E-state index in [1.807, 2.05) is 6.07 Å². The van der Waals surface area contributed by atoms with Gasteiger partial charge in [0.25, 0.3) is 5.91 Å². The van der Waals surface area contributed by atoms with Crippen molar-refractivity contribution in [3.63, 3.8) is 0 Å². The van der Waals surface area contributed by atoms with E-state index < -0.39 is 5.91 Å². The van der Waals surface area contributed by atoms with Gasteiger partial charge in [0.1, 0.15) is 11.8 Å². The van der Waals surface area contributed by atoms with Crippen LogP contribution in [0, 0.1) is 11.3 Å². The normalized spacial score (nSPS) is 9.68. The highest BCUT2D eigenvalue weighted by Crippen LogP contribution is 2.19. The number of pyridine rings is 1. The Hall–Kier alpha value is -2.58. The number of anilines is 1. The molecule has 0 spiro atoms. The number of aromatic amines is 1. The van der Waals surface area contributed by atoms with Gasteiger partial charge in [-0.25, -0.2) is 0 Å². The molecule has 1 heterocycles. The number of nitrogens with zero attached hydrogens (tertiary/aromatic N) is 1. The van der Waals surface area contributed by atoms with Gasteiger partial charge < -0.3 is 10.3 Å². The van der Waals surface area contributed by atoms with Gasteiger partial charge in [0.05, 0.1) is 10.6 Å². The van der Waals surface area contributed by atoms with E-state index in [1.54, 1.807) is 6.07 Å². The van der Waals surface area contributed by atoms with Gasteiger partial charge in [-0.1, -0.05) is 17.7 Å². The molecule has 2 rings (SSSR count). The molecule has 0 unspecified atom stereocenters. The van der Waals surface area contributed by atoms with Gasteiger partial charge in [-0.2, -0.15) is 5.26 Å². The van der Waals surface area contributed by atoms with Crippen LogP contribution in [0.2, 0.25) is 5.02 Å². The smallest absolute Gasteiger partial charge is 0.272 e. The maximum Gasteiger partial charge on any atom is 0.272 e. The number of nitrogens with one attached hydrogen (secondary N) is 2. The number of hydrogen-bond donors (Lipinski definition) is 2. The second kappa shape index (κ2) is 5.38. The van der Waals surface area contributed by atoms with E-state index in [-0.39, 0.29) is 16.8 Å². The van der Waals surface area contributed by atoms with Gasteiger partial charge in [-0.05, 0) is 24.3 Å². The van der Waals surface area contributed by atoms with Crippen LogP contribution >= 0.6 is 11.6 Å². The summed E-state index contributed by atoms with van der Waals surface area (Å²) in [5, 5.41) is 11.7. The van der Waals surface area contributed by atoms with E-state index in [1.165, 1.54) is 30.3 Å². The molecule has 6 heteroatoms. The molecule has 0 aliphatic carbocycles. The minimum absolute atomic E-state index is 0.140. The summed E-state index contributed by atoms with van der Waals surface area (Å²) in [5.41, 5.74) is 0.471. The lowest BCUT2D eigenvalue weighted by atomic mass is 10.2. The molecule has 5 nitrogen and oxygen atoms in total. The first-order chi connectivity index (χ1) is 9.10. The minimum Gasteiger partial charge on any atom is -0.321 e. The molecule has 0 fully saturated rings. The zero-order valence-corrected chi connectivity index (χ0v) is 10.4. The van der Waals surface area contributed by atoms with Crippen molar-refractivity contribution in [3.05, 3.63) is 63.0 Å². The first-order valence-corrected chi connectivity index (χ1v) is 5.68. The number of halogens is 1. The van der Waals surface area contributed by atoms with Crippen LogP contribution in [0.1, 0.15) is 16.1 Å². The van der Waals surface area contributed by atoms with Crippen molar-refractivity contribution in [1.29, 1.82) is 5.26 Å². The highest BCUT2D eigenvalue weighted by Gasteiger charge is 2.08. The second-order valence-corrected chi connectivity index (χ2v) is 4.10. The summed E-state index contributed by atoms with van der Waals surface area (Å²) < 4.78 is 0. The average molecular weight is 274 g/mol. The van der Waals surface area contributed by atoms with Crippen molar-refractivity contribution in [2.75, 3.05) is 5.32 Å². The molecule has 0 saturated heterocycles. The first-order valence-electron chi connectivity index (χ1n) is 5.30. The number of benzene rings is 1. The van der Waals surface area contributed by atoms with Crippen molar-refractivity contribution < 1.29 is 4.79 Å². The molecule has 0 aliphatic heterocycles. The van der Waals surface area contributed by atoms with Crippen LogP contribution in [0.15, 0.2) is 41.2 Å². The van der Waals surface area contributed by atoms with E-state index in [4.69, 9.17) is 16.9 Å². The Bertz CT molecular complexity index is 731. The molecule has 19 heavy (non-hydrogen) atoms. The van der Waals surface area contributed by atoms with Crippen molar-refractivity contribution >= 4 is 23.2 Å². The Morgan fingerprint density at radius 2 is 2.11 bits per heavy atom. The fourth-order valence-electron chi connectivity index (χ4n) is 1.47. The van der Waals surface area contributed by atoms with Crippen molar-refractivity contribution in [3.8, 4) is 6.07 Å². The molecule has 1 aromatic heterocycles. The van der Waals surface area contributed by atoms with Gasteiger partial charge in [0.2, 0.25) is 5.56 Å². The summed E-state index contributed by atoms with van der Waals surface area (Å²) >= 11 is 5.79. The maximum absolute atomic E-state index is 11.9. The zero-order valence-electron chi connectivity index (χ0n) is 9.61. The summed E-state index contributed by atoms with van der Waals surface area (Å²) in [6, 6.07) is 10.7. The van der Waals surface area contributed by atoms with E-state index in [0.29, 0.717) is 10.7 Å². The summed E-state index contributed by atoms with van der Waals surface area (Å²) in [5.74, 6) is -0.469. The number of nitriles is 1. The molecule has 2 N–H and O–H groups in total. The van der Waals surface area contributed by atoms with E-state index in [0.717, 1.165) is 0 Å². The Balaban J connectivity index is 2.25. The molecule has 2 aromatic rings. The maximum atomic E-state index is 11.9. The number of carbonyl (C=O) groups is 1. The van der Waals surface area contributed by atoms with Crippen molar-refractivity contribution in [2.45, 2.75) is 0 Å². The third-order valence-electron chi connectivity index (χ3n) is 2.36. The monoisotopic (exact) mass is 273 g/mol. The van der Waals surface area contributed by atoms with Crippen LogP contribution in [-0.4, -0.2) is 10.9 Å². The molecule has 0 atom stereocenters. The lowest BCUT2D eigenvalue weighted by Gasteiger charge is -2.05. The largest absolute Gasteiger partial charge is 0.321 e. The Labute approximate surface area is 113 Å². The third-order valence-corrected chi connectivity index (χ3v) is 2.69. The van der Waals surface area contributed by atoms with Gasteiger partial charge in [-0.15, -0.1) is 0 Å². The molecular weight excluding hydrogens is 266 g/mol. The molecule has 0 aliphatic rings. The van der Waals surface area contributed by atoms with Crippen LogP contribution in [-0.2, 0) is 0 Å². The Kier molecular flexibility index (Phi) is 3.64. The average Bonchev–Trinajstić information content (AvgIpc) is 2.41. The second-order valence-electron chi connectivity index (χ2n) is 3.69. The quantitative estimate of drug-likeness (QED) is 0.879. The predicted molar refractivity (Wildman–Crippen MR) is 71.2 cm³/mol. The minimum atomic E-state index is -0.469. The highest BCUT2D eigenvalue weighted by molar-refractivity contribution is 6.31. The highest BCUT2D eigenvalue weighted by atomic mass is 35.5. The summed E-state index contributed by atoms with van der Waals surface area (Å²) in [4.78, 5) is 25.4. The number of aromatic nitrogens is 1. The van der Waals surface area contributed by atoms with E-state index in [2.05, 4.69) is 10.3 Å². The number of amides is 1. The van der Waals surface area contributed by atoms with Crippen LogP contribution in [0.4, 0.5) is 5.69 Å². The molecule has 94 valence electrons. The number of rotatable bonds is 2. The lowest BCUT2D eigenvalue weighted by Crippen LogP contribution is -2.17. The summed E-state index contributed by atoms with van der Waals surface area (Å²) in [6.45, 7) is 0. The van der Waals surface area contributed by atoms with Gasteiger partial charge >= 0.3 is 0 Å². The molecule has 0 radical (unpaired) electrons. The topological polar surface area (TPSA) is 85.8 Å². The number of carbonyl (C=O) groups excluding carboxylic acids is 1.